The third-order valence-corrected chi connectivity index (χ3v) is 3.47. The molecule has 3 heteroatoms. The average Bonchev–Trinajstić information content (AvgIpc) is 2.41. The summed E-state index contributed by atoms with van der Waals surface area (Å²) in [6, 6.07) is 10.0. The van der Waals surface area contributed by atoms with Crippen molar-refractivity contribution in [2.45, 2.75) is 19.4 Å². The van der Waals surface area contributed by atoms with E-state index in [1.807, 2.05) is 44.2 Å². The molecule has 0 atom stereocenters. The Hall–Kier alpha value is -1.22. The minimum absolute atomic E-state index is 0.0298. The molecule has 1 aromatic carbocycles. The molecule has 15 heavy (non-hydrogen) atoms. The lowest BCUT2D eigenvalue weighted by Crippen LogP contribution is -2.35. The van der Waals surface area contributed by atoms with Crippen LogP contribution >= 0.6 is 11.8 Å². The molecule has 0 radical (unpaired) electrons. The first-order valence-corrected chi connectivity index (χ1v) is 5.67. The van der Waals surface area contributed by atoms with Crippen LogP contribution in [0, 0.1) is 0 Å². The van der Waals surface area contributed by atoms with Crippen molar-refractivity contribution in [1.29, 1.82) is 0 Å². The van der Waals surface area contributed by atoms with E-state index < -0.39 is 0 Å². The molecule has 1 amide bonds. The summed E-state index contributed by atoms with van der Waals surface area (Å²) in [5.74, 6) is 0. The molecule has 78 valence electrons. The maximum Gasteiger partial charge on any atom is 0.284 e. The number of hydrogen-bond donors (Lipinski definition) is 1. The van der Waals surface area contributed by atoms with Gasteiger partial charge in [0.15, 0.2) is 0 Å². The van der Waals surface area contributed by atoms with Crippen molar-refractivity contribution in [3.63, 3.8) is 0 Å². The molecular weight excluding hydrogens is 206 g/mol. The average molecular weight is 219 g/mol. The zero-order chi connectivity index (χ0) is 10.9. The van der Waals surface area contributed by atoms with Gasteiger partial charge < -0.3 is 5.32 Å². The van der Waals surface area contributed by atoms with Gasteiger partial charge in [-0.3, -0.25) is 4.79 Å². The van der Waals surface area contributed by atoms with Gasteiger partial charge in [-0.1, -0.05) is 30.3 Å². The smallest absolute Gasteiger partial charge is 0.284 e. The van der Waals surface area contributed by atoms with Crippen molar-refractivity contribution in [3.05, 3.63) is 40.8 Å². The lowest BCUT2D eigenvalue weighted by Gasteiger charge is -2.18. The highest BCUT2D eigenvalue weighted by molar-refractivity contribution is 8.17. The van der Waals surface area contributed by atoms with Crippen molar-refractivity contribution >= 4 is 23.1 Å². The van der Waals surface area contributed by atoms with Crippen LogP contribution in [0.15, 0.2) is 35.2 Å². The van der Waals surface area contributed by atoms with E-state index in [2.05, 4.69) is 11.4 Å². The van der Waals surface area contributed by atoms with Gasteiger partial charge in [-0.05, 0) is 37.2 Å². The summed E-state index contributed by atoms with van der Waals surface area (Å²) in [6.07, 6.45) is 2.06. The number of carbonyl (C=O) groups is 1. The monoisotopic (exact) mass is 219 g/mol. The normalized spacial score (nSPS) is 21.7. The van der Waals surface area contributed by atoms with Crippen molar-refractivity contribution < 1.29 is 4.79 Å². The van der Waals surface area contributed by atoms with Crippen molar-refractivity contribution in [3.8, 4) is 0 Å². The summed E-state index contributed by atoms with van der Waals surface area (Å²) >= 11 is 1.28. The Kier molecular flexibility index (Phi) is 2.57. The van der Waals surface area contributed by atoms with Crippen molar-refractivity contribution in [1.82, 2.24) is 5.32 Å². The summed E-state index contributed by atoms with van der Waals surface area (Å²) in [6.45, 7) is 4.03. The number of nitrogens with one attached hydrogen (secondary N) is 1. The van der Waals surface area contributed by atoms with Gasteiger partial charge in [0.05, 0.1) is 5.54 Å². The molecule has 0 unspecified atom stereocenters. The lowest BCUT2D eigenvalue weighted by atomic mass is 10.0. The number of rotatable bonds is 1. The van der Waals surface area contributed by atoms with Crippen molar-refractivity contribution in [2.24, 2.45) is 0 Å². The van der Waals surface area contributed by atoms with E-state index in [4.69, 9.17) is 0 Å². The second-order valence-electron chi connectivity index (χ2n) is 4.06. The van der Waals surface area contributed by atoms with Crippen LogP contribution in [0.4, 0.5) is 4.79 Å². The Bertz CT molecular complexity index is 409. The first-order valence-electron chi connectivity index (χ1n) is 4.85. The third-order valence-electron chi connectivity index (χ3n) is 2.33. The number of hydrogen-bond acceptors (Lipinski definition) is 2. The molecule has 1 heterocycles. The molecule has 0 saturated carbocycles. The molecule has 1 aliphatic rings. The van der Waals surface area contributed by atoms with E-state index in [1.54, 1.807) is 0 Å². The van der Waals surface area contributed by atoms with Crippen LogP contribution in [-0.2, 0) is 0 Å². The largest absolute Gasteiger partial charge is 0.337 e. The summed E-state index contributed by atoms with van der Waals surface area (Å²) in [4.78, 5) is 12.3. The summed E-state index contributed by atoms with van der Waals surface area (Å²) < 4.78 is 0. The van der Waals surface area contributed by atoms with E-state index in [1.165, 1.54) is 11.8 Å². The second-order valence-corrected chi connectivity index (χ2v) is 5.07. The SMILES string of the molecule is CC1(C)NC(=O)S/C1=C\c1ccccc1. The molecular formula is C12H13NOS. The quantitative estimate of drug-likeness (QED) is 0.785. The van der Waals surface area contributed by atoms with Gasteiger partial charge in [0.25, 0.3) is 5.24 Å². The summed E-state index contributed by atoms with van der Waals surface area (Å²) in [5, 5.41) is 2.95. The topological polar surface area (TPSA) is 29.1 Å². The van der Waals surface area contributed by atoms with E-state index >= 15 is 0 Å². The molecule has 1 N–H and O–H groups in total. The van der Waals surface area contributed by atoms with Crippen LogP contribution in [0.3, 0.4) is 0 Å². The van der Waals surface area contributed by atoms with Gasteiger partial charge in [-0.2, -0.15) is 0 Å². The molecule has 2 rings (SSSR count). The standard InChI is InChI=1S/C12H13NOS/c1-12(2)10(15-11(14)13-12)8-9-6-4-3-5-7-9/h3-8H,1-2H3,(H,13,14)/b10-8-. The lowest BCUT2D eigenvalue weighted by molar-refractivity contribution is 0.257. The van der Waals surface area contributed by atoms with Gasteiger partial charge in [0, 0.05) is 4.91 Å². The Labute approximate surface area is 93.8 Å². The predicted molar refractivity (Wildman–Crippen MR) is 64.6 cm³/mol. The minimum Gasteiger partial charge on any atom is -0.337 e. The Balaban J connectivity index is 2.32. The fraction of sp³-hybridized carbons (Fsp3) is 0.250. The van der Waals surface area contributed by atoms with E-state index in [9.17, 15) is 4.79 Å². The molecule has 1 saturated heterocycles. The van der Waals surface area contributed by atoms with Crippen LogP contribution in [0.2, 0.25) is 0 Å². The minimum atomic E-state index is -0.239. The Morgan fingerprint density at radius 1 is 1.27 bits per heavy atom. The van der Waals surface area contributed by atoms with Gasteiger partial charge in [-0.25, -0.2) is 0 Å². The number of carbonyl (C=O) groups excluding carboxylic acids is 1. The highest BCUT2D eigenvalue weighted by atomic mass is 32.2. The molecule has 0 bridgehead atoms. The molecule has 1 fully saturated rings. The van der Waals surface area contributed by atoms with Crippen LogP contribution in [0.1, 0.15) is 19.4 Å². The molecule has 0 aromatic heterocycles. The van der Waals surface area contributed by atoms with Crippen LogP contribution in [-0.4, -0.2) is 10.8 Å². The van der Waals surface area contributed by atoms with Gasteiger partial charge in [0.1, 0.15) is 0 Å². The maximum atomic E-state index is 11.3. The summed E-state index contributed by atoms with van der Waals surface area (Å²) in [7, 11) is 0. The van der Waals surface area contributed by atoms with Crippen LogP contribution < -0.4 is 5.32 Å². The second kappa shape index (κ2) is 3.74. The van der Waals surface area contributed by atoms with E-state index in [0.29, 0.717) is 0 Å². The first kappa shape index (κ1) is 10.3. The first-order chi connectivity index (χ1) is 7.08. The Morgan fingerprint density at radius 3 is 2.47 bits per heavy atom. The van der Waals surface area contributed by atoms with Gasteiger partial charge in [-0.15, -0.1) is 0 Å². The van der Waals surface area contributed by atoms with Crippen LogP contribution in [0.5, 0.6) is 0 Å². The highest BCUT2D eigenvalue weighted by Gasteiger charge is 2.34. The third kappa shape index (κ3) is 2.23. The molecule has 0 aliphatic carbocycles. The predicted octanol–water partition coefficient (Wildman–Crippen LogP) is 3.26. The molecule has 1 aromatic rings. The van der Waals surface area contributed by atoms with Gasteiger partial charge in [0.2, 0.25) is 0 Å². The summed E-state index contributed by atoms with van der Waals surface area (Å²) in [5.41, 5.74) is 0.891. The van der Waals surface area contributed by atoms with Crippen LogP contribution in [0.25, 0.3) is 6.08 Å². The maximum absolute atomic E-state index is 11.3. The molecule has 0 spiro atoms. The fourth-order valence-electron chi connectivity index (χ4n) is 1.48. The van der Waals surface area contributed by atoms with E-state index in [0.717, 1.165) is 10.5 Å². The number of amides is 1. The van der Waals surface area contributed by atoms with E-state index in [-0.39, 0.29) is 10.8 Å². The zero-order valence-electron chi connectivity index (χ0n) is 8.78. The zero-order valence-corrected chi connectivity index (χ0v) is 9.60. The fourth-order valence-corrected chi connectivity index (χ4v) is 2.49. The van der Waals surface area contributed by atoms with Gasteiger partial charge >= 0.3 is 0 Å². The number of thioether (sulfide) groups is 1. The Morgan fingerprint density at radius 2 is 1.93 bits per heavy atom. The number of benzene rings is 1. The van der Waals surface area contributed by atoms with Crippen molar-refractivity contribution in [2.75, 3.05) is 0 Å². The molecule has 2 nitrogen and oxygen atoms in total. The highest BCUT2D eigenvalue weighted by Crippen LogP contribution is 2.36. The molecule has 1 aliphatic heterocycles.